The third-order valence-corrected chi connectivity index (χ3v) is 2.20. The number of aliphatic hydroxyl groups is 1. The van der Waals surface area contributed by atoms with Gasteiger partial charge in [0.15, 0.2) is 0 Å². The number of rotatable bonds is 3. The van der Waals surface area contributed by atoms with Gasteiger partial charge < -0.3 is 10.4 Å². The van der Waals surface area contributed by atoms with Crippen molar-refractivity contribution in [2.24, 2.45) is 0 Å². The smallest absolute Gasteiger partial charge is 0.0639 e. The van der Waals surface area contributed by atoms with E-state index in [0.717, 1.165) is 19.6 Å². The van der Waals surface area contributed by atoms with E-state index in [-0.39, 0.29) is 6.10 Å². The molecule has 11 heavy (non-hydrogen) atoms. The summed E-state index contributed by atoms with van der Waals surface area (Å²) >= 11 is 0. The predicted octanol–water partition coefficient (Wildman–Crippen LogP) is -0.339. The Morgan fingerprint density at radius 1 is 1.73 bits per heavy atom. The fraction of sp³-hybridized carbons (Fsp3) is 1.00. The van der Waals surface area contributed by atoms with E-state index in [1.165, 1.54) is 6.42 Å². The number of nitrogens with zero attached hydrogens (tertiary/aromatic N) is 1. The molecule has 0 spiro atoms. The quantitative estimate of drug-likeness (QED) is 0.590. The Morgan fingerprint density at radius 2 is 2.45 bits per heavy atom. The lowest BCUT2D eigenvalue weighted by Crippen LogP contribution is -2.33. The molecule has 0 aromatic rings. The van der Waals surface area contributed by atoms with Crippen LogP contribution in [0.4, 0.5) is 0 Å². The van der Waals surface area contributed by atoms with Gasteiger partial charge in [0.1, 0.15) is 0 Å². The van der Waals surface area contributed by atoms with Crippen molar-refractivity contribution in [1.82, 2.24) is 10.2 Å². The minimum absolute atomic E-state index is 0.189. The summed E-state index contributed by atoms with van der Waals surface area (Å²) in [5.41, 5.74) is 0. The fourth-order valence-corrected chi connectivity index (χ4v) is 1.61. The lowest BCUT2D eigenvalue weighted by Gasteiger charge is -2.17. The van der Waals surface area contributed by atoms with Crippen LogP contribution in [0.15, 0.2) is 0 Å². The Morgan fingerprint density at radius 3 is 2.91 bits per heavy atom. The highest BCUT2D eigenvalue weighted by molar-refractivity contribution is 4.80. The van der Waals surface area contributed by atoms with Crippen LogP contribution in [0.1, 0.15) is 13.3 Å². The number of likely N-dealkylation sites (N-methyl/N-ethyl adjacent to an activating group) is 1. The molecule has 0 aliphatic carbocycles. The highest BCUT2D eigenvalue weighted by Crippen LogP contribution is 2.08. The van der Waals surface area contributed by atoms with Crippen molar-refractivity contribution in [2.45, 2.75) is 25.5 Å². The summed E-state index contributed by atoms with van der Waals surface area (Å²) in [5, 5.41) is 12.4. The van der Waals surface area contributed by atoms with Crippen molar-refractivity contribution in [2.75, 3.05) is 26.7 Å². The molecule has 3 heteroatoms. The molecule has 66 valence electrons. The van der Waals surface area contributed by atoms with Gasteiger partial charge in [-0.05, 0) is 26.9 Å². The van der Waals surface area contributed by atoms with E-state index < -0.39 is 0 Å². The first-order chi connectivity index (χ1) is 5.22. The van der Waals surface area contributed by atoms with Gasteiger partial charge >= 0.3 is 0 Å². The van der Waals surface area contributed by atoms with Gasteiger partial charge in [-0.3, -0.25) is 4.90 Å². The molecule has 0 aromatic carbocycles. The van der Waals surface area contributed by atoms with Crippen molar-refractivity contribution in [1.29, 1.82) is 0 Å². The van der Waals surface area contributed by atoms with Crippen LogP contribution >= 0.6 is 0 Å². The monoisotopic (exact) mass is 158 g/mol. The van der Waals surface area contributed by atoms with Gasteiger partial charge in [0, 0.05) is 19.1 Å². The Balaban J connectivity index is 2.19. The maximum Gasteiger partial charge on any atom is 0.0639 e. The molecule has 0 saturated carbocycles. The van der Waals surface area contributed by atoms with E-state index >= 15 is 0 Å². The van der Waals surface area contributed by atoms with Crippen molar-refractivity contribution in [3.05, 3.63) is 0 Å². The van der Waals surface area contributed by atoms with E-state index in [1.54, 1.807) is 0 Å². The highest BCUT2D eigenvalue weighted by Gasteiger charge is 2.21. The van der Waals surface area contributed by atoms with Crippen molar-refractivity contribution >= 4 is 0 Å². The molecule has 1 saturated heterocycles. The molecule has 1 unspecified atom stereocenters. The first-order valence-corrected chi connectivity index (χ1v) is 4.30. The summed E-state index contributed by atoms with van der Waals surface area (Å²) in [6, 6.07) is 0.633. The maximum atomic E-state index is 9.11. The van der Waals surface area contributed by atoms with E-state index in [9.17, 15) is 0 Å². The highest BCUT2D eigenvalue weighted by atomic mass is 16.3. The Kier molecular flexibility index (Phi) is 3.30. The van der Waals surface area contributed by atoms with Crippen molar-refractivity contribution in [3.63, 3.8) is 0 Å². The largest absolute Gasteiger partial charge is 0.392 e. The van der Waals surface area contributed by atoms with Crippen molar-refractivity contribution < 1.29 is 5.11 Å². The number of nitrogens with one attached hydrogen (secondary N) is 1. The van der Waals surface area contributed by atoms with Gasteiger partial charge in [0.2, 0.25) is 0 Å². The topological polar surface area (TPSA) is 35.5 Å². The fourth-order valence-electron chi connectivity index (χ4n) is 1.61. The molecule has 0 amide bonds. The molecular weight excluding hydrogens is 140 g/mol. The average Bonchev–Trinajstić information content (AvgIpc) is 2.34. The molecule has 3 nitrogen and oxygen atoms in total. The second-order valence-electron chi connectivity index (χ2n) is 3.38. The minimum atomic E-state index is -0.189. The van der Waals surface area contributed by atoms with Crippen LogP contribution in [0, 0.1) is 0 Å². The van der Waals surface area contributed by atoms with Gasteiger partial charge in [0.25, 0.3) is 0 Å². The van der Waals surface area contributed by atoms with E-state index in [4.69, 9.17) is 5.11 Å². The predicted molar refractivity (Wildman–Crippen MR) is 45.6 cm³/mol. The average molecular weight is 158 g/mol. The SMILES string of the molecule is CNC1CCN(C[C@@H](C)O)C1. The van der Waals surface area contributed by atoms with Gasteiger partial charge in [-0.25, -0.2) is 0 Å². The number of β-amino-alcohol motifs (C(OH)–C–C–N with tert-alkyl or cyclic N) is 1. The maximum absolute atomic E-state index is 9.11. The van der Waals surface area contributed by atoms with Gasteiger partial charge in [-0.15, -0.1) is 0 Å². The lowest BCUT2D eigenvalue weighted by molar-refractivity contribution is 0.140. The molecule has 0 radical (unpaired) electrons. The molecule has 2 N–H and O–H groups in total. The Bertz CT molecular complexity index is 117. The third kappa shape index (κ3) is 2.77. The van der Waals surface area contributed by atoms with E-state index in [0.29, 0.717) is 6.04 Å². The van der Waals surface area contributed by atoms with Crippen molar-refractivity contribution in [3.8, 4) is 0 Å². The number of aliphatic hydroxyl groups excluding tert-OH is 1. The normalized spacial score (nSPS) is 29.2. The third-order valence-electron chi connectivity index (χ3n) is 2.20. The minimum Gasteiger partial charge on any atom is -0.392 e. The van der Waals surface area contributed by atoms with Crippen LogP contribution in [0.25, 0.3) is 0 Å². The molecule has 1 aliphatic heterocycles. The number of hydrogen-bond acceptors (Lipinski definition) is 3. The Labute approximate surface area is 68.4 Å². The van der Waals surface area contributed by atoms with Crippen LogP contribution in [0.3, 0.4) is 0 Å². The zero-order chi connectivity index (χ0) is 8.27. The molecule has 1 aliphatic rings. The molecule has 1 heterocycles. The summed E-state index contributed by atoms with van der Waals surface area (Å²) in [5.74, 6) is 0. The van der Waals surface area contributed by atoms with Gasteiger partial charge in [-0.1, -0.05) is 0 Å². The molecule has 1 rings (SSSR count). The lowest BCUT2D eigenvalue weighted by atomic mass is 10.3. The second-order valence-corrected chi connectivity index (χ2v) is 3.38. The van der Waals surface area contributed by atoms with E-state index in [1.807, 2.05) is 14.0 Å². The molecule has 1 fully saturated rings. The van der Waals surface area contributed by atoms with E-state index in [2.05, 4.69) is 10.2 Å². The first kappa shape index (κ1) is 8.97. The summed E-state index contributed by atoms with van der Waals surface area (Å²) in [6.07, 6.45) is 1.02. The van der Waals surface area contributed by atoms with Crippen LogP contribution in [-0.2, 0) is 0 Å². The standard InChI is InChI=1S/C8H18N2O/c1-7(11)5-10-4-3-8(6-10)9-2/h7-9,11H,3-6H2,1-2H3/t7-,8?/m1/s1. The Hall–Kier alpha value is -0.120. The van der Waals surface area contributed by atoms with Gasteiger partial charge in [-0.2, -0.15) is 0 Å². The second kappa shape index (κ2) is 4.04. The van der Waals surface area contributed by atoms with Crippen LogP contribution in [0.2, 0.25) is 0 Å². The molecule has 0 bridgehead atoms. The molecule has 2 atom stereocenters. The van der Waals surface area contributed by atoms with Gasteiger partial charge in [0.05, 0.1) is 6.10 Å². The summed E-state index contributed by atoms with van der Waals surface area (Å²) in [4.78, 5) is 2.30. The summed E-state index contributed by atoms with van der Waals surface area (Å²) < 4.78 is 0. The summed E-state index contributed by atoms with van der Waals surface area (Å²) in [6.45, 7) is 4.86. The molecule has 0 aromatic heterocycles. The van der Waals surface area contributed by atoms with Crippen LogP contribution in [-0.4, -0.2) is 48.8 Å². The molecular formula is C8H18N2O. The van der Waals surface area contributed by atoms with Crippen LogP contribution in [0.5, 0.6) is 0 Å². The zero-order valence-electron chi connectivity index (χ0n) is 7.38. The zero-order valence-corrected chi connectivity index (χ0v) is 7.38. The number of likely N-dealkylation sites (tertiary alicyclic amines) is 1. The first-order valence-electron chi connectivity index (χ1n) is 4.30. The van der Waals surface area contributed by atoms with Crippen LogP contribution < -0.4 is 5.32 Å². The number of hydrogen-bond donors (Lipinski definition) is 2. The summed E-state index contributed by atoms with van der Waals surface area (Å²) in [7, 11) is 2.00.